The molecule has 0 radical (unpaired) electrons. The molecule has 0 aliphatic carbocycles. The fourth-order valence-electron chi connectivity index (χ4n) is 2.42. The van der Waals surface area contributed by atoms with Gasteiger partial charge in [-0.15, -0.1) is 11.3 Å². The lowest BCUT2D eigenvalue weighted by Gasteiger charge is -2.30. The number of rotatable bonds is 6. The van der Waals surface area contributed by atoms with Gasteiger partial charge in [0, 0.05) is 13.1 Å². The molecule has 2 heterocycles. The van der Waals surface area contributed by atoms with E-state index in [1.807, 2.05) is 0 Å². The van der Waals surface area contributed by atoms with Crippen LogP contribution >= 0.6 is 38.9 Å². The van der Waals surface area contributed by atoms with Crippen LogP contribution in [0.1, 0.15) is 26.2 Å². The quantitative estimate of drug-likeness (QED) is 0.723. The minimum absolute atomic E-state index is 0.321. The van der Waals surface area contributed by atoms with Crippen LogP contribution in [-0.4, -0.2) is 38.9 Å². The van der Waals surface area contributed by atoms with Crippen molar-refractivity contribution < 1.29 is 8.42 Å². The average Bonchev–Trinajstić information content (AvgIpc) is 2.80. The molecule has 1 aromatic heterocycles. The minimum Gasteiger partial charge on any atom is -0.316 e. The van der Waals surface area contributed by atoms with Gasteiger partial charge in [0.2, 0.25) is 0 Å². The highest BCUT2D eigenvalue weighted by atomic mass is 79.9. The van der Waals surface area contributed by atoms with Gasteiger partial charge in [-0.2, -0.15) is 4.31 Å². The first-order valence-electron chi connectivity index (χ1n) is 7.11. The van der Waals surface area contributed by atoms with Gasteiger partial charge in [-0.3, -0.25) is 0 Å². The van der Waals surface area contributed by atoms with E-state index in [4.69, 9.17) is 11.6 Å². The van der Waals surface area contributed by atoms with E-state index in [0.29, 0.717) is 32.0 Å². The molecule has 1 saturated heterocycles. The predicted molar refractivity (Wildman–Crippen MR) is 91.7 cm³/mol. The molecular formula is C13H20BrClN2O2S2. The normalized spacial score (nSPS) is 18.2. The SMILES string of the molecule is CCCNCC1CCN(S(=O)(=O)c2cc(Cl)c(Br)s2)CC1. The summed E-state index contributed by atoms with van der Waals surface area (Å²) >= 11 is 10.4. The third-order valence-corrected chi connectivity index (χ3v) is 8.47. The van der Waals surface area contributed by atoms with E-state index in [9.17, 15) is 8.42 Å². The van der Waals surface area contributed by atoms with Gasteiger partial charge in [0.05, 0.1) is 8.81 Å². The number of piperidine rings is 1. The van der Waals surface area contributed by atoms with Crippen molar-refractivity contribution in [3.63, 3.8) is 0 Å². The topological polar surface area (TPSA) is 49.4 Å². The van der Waals surface area contributed by atoms with Crippen LogP contribution in [0.25, 0.3) is 0 Å². The van der Waals surface area contributed by atoms with E-state index in [2.05, 4.69) is 28.2 Å². The second-order valence-electron chi connectivity index (χ2n) is 5.24. The Morgan fingerprint density at radius 2 is 2.14 bits per heavy atom. The smallest absolute Gasteiger partial charge is 0.252 e. The van der Waals surface area contributed by atoms with Crippen molar-refractivity contribution >= 4 is 48.9 Å². The standard InChI is InChI=1S/C13H20BrClN2O2S2/c1-2-5-16-9-10-3-6-17(7-4-10)21(18,19)12-8-11(15)13(14)20-12/h8,10,16H,2-7,9H2,1H3. The lowest BCUT2D eigenvalue weighted by atomic mass is 9.98. The Balaban J connectivity index is 1.95. The Hall–Kier alpha value is 0.340. The number of nitrogens with one attached hydrogen (secondary N) is 1. The molecule has 2 rings (SSSR count). The minimum atomic E-state index is -3.40. The Morgan fingerprint density at radius 3 is 2.67 bits per heavy atom. The van der Waals surface area contributed by atoms with Gasteiger partial charge in [-0.25, -0.2) is 8.42 Å². The molecular weight excluding hydrogens is 396 g/mol. The van der Waals surface area contributed by atoms with Crippen LogP contribution in [0.4, 0.5) is 0 Å². The molecule has 1 aromatic rings. The highest BCUT2D eigenvalue weighted by Crippen LogP contribution is 2.36. The van der Waals surface area contributed by atoms with Crippen molar-refractivity contribution in [2.24, 2.45) is 5.92 Å². The van der Waals surface area contributed by atoms with Crippen molar-refractivity contribution in [1.29, 1.82) is 0 Å². The molecule has 21 heavy (non-hydrogen) atoms. The third kappa shape index (κ3) is 4.42. The Bertz CT molecular complexity index is 549. The molecule has 0 saturated carbocycles. The highest BCUT2D eigenvalue weighted by molar-refractivity contribution is 9.11. The van der Waals surface area contributed by atoms with Gasteiger partial charge in [-0.05, 0) is 60.3 Å². The third-order valence-electron chi connectivity index (χ3n) is 3.65. The highest BCUT2D eigenvalue weighted by Gasteiger charge is 2.30. The molecule has 8 heteroatoms. The molecule has 1 aliphatic rings. The van der Waals surface area contributed by atoms with E-state index in [1.54, 1.807) is 4.31 Å². The van der Waals surface area contributed by atoms with Crippen LogP contribution in [0, 0.1) is 5.92 Å². The largest absolute Gasteiger partial charge is 0.316 e. The Labute approximate surface area is 144 Å². The maximum Gasteiger partial charge on any atom is 0.252 e. The lowest BCUT2D eigenvalue weighted by molar-refractivity contribution is 0.268. The zero-order chi connectivity index (χ0) is 15.5. The molecule has 0 atom stereocenters. The van der Waals surface area contributed by atoms with Gasteiger partial charge in [-0.1, -0.05) is 18.5 Å². The fourth-order valence-corrected chi connectivity index (χ4v) is 6.44. The molecule has 1 fully saturated rings. The molecule has 0 spiro atoms. The molecule has 120 valence electrons. The van der Waals surface area contributed by atoms with Crippen LogP contribution in [0.3, 0.4) is 0 Å². The van der Waals surface area contributed by atoms with Crippen molar-refractivity contribution in [2.45, 2.75) is 30.4 Å². The van der Waals surface area contributed by atoms with Crippen molar-refractivity contribution in [3.05, 3.63) is 14.9 Å². The second-order valence-corrected chi connectivity index (χ2v) is 10.2. The van der Waals surface area contributed by atoms with Gasteiger partial charge in [0.15, 0.2) is 0 Å². The summed E-state index contributed by atoms with van der Waals surface area (Å²) in [7, 11) is -3.40. The van der Waals surface area contributed by atoms with E-state index < -0.39 is 10.0 Å². The zero-order valence-corrected chi connectivity index (χ0v) is 15.9. The number of nitrogens with zero attached hydrogens (tertiary/aromatic N) is 1. The molecule has 1 N–H and O–H groups in total. The van der Waals surface area contributed by atoms with Crippen LogP contribution in [0.5, 0.6) is 0 Å². The van der Waals surface area contributed by atoms with E-state index in [-0.39, 0.29) is 0 Å². The summed E-state index contributed by atoms with van der Waals surface area (Å²) in [5, 5.41) is 3.87. The second kappa shape index (κ2) is 7.75. The first kappa shape index (κ1) is 17.7. The van der Waals surface area contributed by atoms with E-state index >= 15 is 0 Å². The van der Waals surface area contributed by atoms with Crippen LogP contribution < -0.4 is 5.32 Å². The lowest BCUT2D eigenvalue weighted by Crippen LogP contribution is -2.40. The number of halogens is 2. The zero-order valence-electron chi connectivity index (χ0n) is 11.9. The summed E-state index contributed by atoms with van der Waals surface area (Å²) in [5.74, 6) is 0.571. The summed E-state index contributed by atoms with van der Waals surface area (Å²) in [6.07, 6.45) is 2.95. The van der Waals surface area contributed by atoms with Gasteiger partial charge in [0.25, 0.3) is 10.0 Å². The van der Waals surface area contributed by atoms with Gasteiger partial charge < -0.3 is 5.32 Å². The Kier molecular flexibility index (Phi) is 6.52. The summed E-state index contributed by atoms with van der Waals surface area (Å²) in [6, 6.07) is 1.53. The summed E-state index contributed by atoms with van der Waals surface area (Å²) in [5.41, 5.74) is 0. The first-order chi connectivity index (χ1) is 9.95. The maximum absolute atomic E-state index is 12.6. The summed E-state index contributed by atoms with van der Waals surface area (Å²) in [6.45, 7) is 5.34. The number of thiophene rings is 1. The monoisotopic (exact) mass is 414 g/mol. The molecule has 0 bridgehead atoms. The van der Waals surface area contributed by atoms with Crippen LogP contribution in [0.2, 0.25) is 5.02 Å². The van der Waals surface area contributed by atoms with Gasteiger partial charge >= 0.3 is 0 Å². The predicted octanol–water partition coefficient (Wildman–Crippen LogP) is 3.56. The molecule has 0 amide bonds. The summed E-state index contributed by atoms with van der Waals surface area (Å²) in [4.78, 5) is 0. The van der Waals surface area contributed by atoms with E-state index in [1.165, 1.54) is 17.4 Å². The number of hydrogen-bond donors (Lipinski definition) is 1. The van der Waals surface area contributed by atoms with Crippen molar-refractivity contribution in [3.8, 4) is 0 Å². The molecule has 1 aliphatic heterocycles. The average molecular weight is 416 g/mol. The first-order valence-corrected chi connectivity index (χ1v) is 10.5. The molecule has 0 unspecified atom stereocenters. The van der Waals surface area contributed by atoms with Crippen LogP contribution in [0.15, 0.2) is 14.1 Å². The van der Waals surface area contributed by atoms with Crippen LogP contribution in [-0.2, 0) is 10.0 Å². The van der Waals surface area contributed by atoms with Crippen molar-refractivity contribution in [2.75, 3.05) is 26.2 Å². The number of hydrogen-bond acceptors (Lipinski definition) is 4. The maximum atomic E-state index is 12.6. The fraction of sp³-hybridized carbons (Fsp3) is 0.692. The Morgan fingerprint density at radius 1 is 1.48 bits per heavy atom. The number of sulfonamides is 1. The summed E-state index contributed by atoms with van der Waals surface area (Å²) < 4.78 is 27.7. The van der Waals surface area contributed by atoms with E-state index in [0.717, 1.165) is 32.4 Å². The molecule has 4 nitrogen and oxygen atoms in total. The molecule has 0 aromatic carbocycles. The van der Waals surface area contributed by atoms with Crippen molar-refractivity contribution in [1.82, 2.24) is 9.62 Å². The van der Waals surface area contributed by atoms with Gasteiger partial charge in [0.1, 0.15) is 4.21 Å².